The van der Waals surface area contributed by atoms with Gasteiger partial charge in [0, 0.05) is 39.3 Å². The third-order valence-electron chi connectivity index (χ3n) is 2.57. The molecule has 0 bridgehead atoms. The SMILES string of the molecule is CNc1cc(N2CCN(C)CC2)on1. The van der Waals surface area contributed by atoms with Crippen LogP contribution in [0.5, 0.6) is 0 Å². The summed E-state index contributed by atoms with van der Waals surface area (Å²) in [4.78, 5) is 4.53. The largest absolute Gasteiger partial charge is 0.370 e. The second-order valence-electron chi connectivity index (χ2n) is 3.59. The van der Waals surface area contributed by atoms with E-state index < -0.39 is 0 Å². The van der Waals surface area contributed by atoms with Crippen LogP contribution in [0.1, 0.15) is 0 Å². The molecule has 1 fully saturated rings. The van der Waals surface area contributed by atoms with Crippen LogP contribution >= 0.6 is 0 Å². The third-order valence-corrected chi connectivity index (χ3v) is 2.57. The van der Waals surface area contributed by atoms with E-state index in [0.29, 0.717) is 0 Å². The number of rotatable bonds is 2. The minimum absolute atomic E-state index is 0.791. The number of hydrogen-bond acceptors (Lipinski definition) is 5. The van der Waals surface area contributed by atoms with Crippen LogP contribution in [0.15, 0.2) is 10.6 Å². The van der Waals surface area contributed by atoms with Crippen molar-refractivity contribution in [3.8, 4) is 0 Å². The van der Waals surface area contributed by atoms with Crippen molar-refractivity contribution in [1.29, 1.82) is 0 Å². The summed E-state index contributed by atoms with van der Waals surface area (Å²) >= 11 is 0. The van der Waals surface area contributed by atoms with E-state index in [-0.39, 0.29) is 0 Å². The summed E-state index contributed by atoms with van der Waals surface area (Å²) in [6.45, 7) is 4.18. The number of likely N-dealkylation sites (N-methyl/N-ethyl adjacent to an activating group) is 1. The van der Waals surface area contributed by atoms with E-state index in [4.69, 9.17) is 4.52 Å². The number of nitrogens with zero attached hydrogens (tertiary/aromatic N) is 3. The highest BCUT2D eigenvalue weighted by molar-refractivity contribution is 5.46. The van der Waals surface area contributed by atoms with E-state index in [2.05, 4.69) is 27.3 Å². The van der Waals surface area contributed by atoms with Gasteiger partial charge in [-0.25, -0.2) is 0 Å². The smallest absolute Gasteiger partial charge is 0.229 e. The highest BCUT2D eigenvalue weighted by atomic mass is 16.5. The van der Waals surface area contributed by atoms with Crippen molar-refractivity contribution in [1.82, 2.24) is 10.1 Å². The Morgan fingerprint density at radius 2 is 2.07 bits per heavy atom. The van der Waals surface area contributed by atoms with Gasteiger partial charge in [-0.05, 0) is 7.05 Å². The molecule has 1 aliphatic rings. The van der Waals surface area contributed by atoms with E-state index >= 15 is 0 Å². The van der Waals surface area contributed by atoms with Crippen molar-refractivity contribution < 1.29 is 4.52 Å². The Kier molecular flexibility index (Phi) is 2.58. The Hall–Kier alpha value is -1.23. The number of piperazine rings is 1. The summed E-state index contributed by atoms with van der Waals surface area (Å²) < 4.78 is 5.23. The molecule has 1 saturated heterocycles. The Bertz CT molecular complexity index is 291. The van der Waals surface area contributed by atoms with Crippen LogP contribution in [0.4, 0.5) is 11.7 Å². The lowest BCUT2D eigenvalue weighted by atomic mass is 10.3. The first kappa shape index (κ1) is 9.33. The topological polar surface area (TPSA) is 44.5 Å². The zero-order valence-corrected chi connectivity index (χ0v) is 8.66. The summed E-state index contributed by atoms with van der Waals surface area (Å²) in [6.07, 6.45) is 0. The van der Waals surface area contributed by atoms with E-state index in [0.717, 1.165) is 37.9 Å². The molecule has 0 aromatic carbocycles. The minimum atomic E-state index is 0.791. The van der Waals surface area contributed by atoms with E-state index in [9.17, 15) is 0 Å². The molecule has 0 aliphatic carbocycles. The molecule has 78 valence electrons. The maximum Gasteiger partial charge on any atom is 0.229 e. The predicted molar refractivity (Wildman–Crippen MR) is 55.8 cm³/mol. The van der Waals surface area contributed by atoms with Gasteiger partial charge in [0.05, 0.1) is 0 Å². The maximum atomic E-state index is 5.23. The van der Waals surface area contributed by atoms with Crippen LogP contribution in [0, 0.1) is 0 Å². The highest BCUT2D eigenvalue weighted by Crippen LogP contribution is 2.19. The molecule has 1 aromatic rings. The second kappa shape index (κ2) is 3.88. The quantitative estimate of drug-likeness (QED) is 0.745. The summed E-state index contributed by atoms with van der Waals surface area (Å²) in [7, 11) is 3.97. The summed E-state index contributed by atoms with van der Waals surface area (Å²) in [5, 5.41) is 6.84. The predicted octanol–water partition coefficient (Wildman–Crippen LogP) is 0.468. The Morgan fingerprint density at radius 3 is 2.64 bits per heavy atom. The summed E-state index contributed by atoms with van der Waals surface area (Å²) in [6, 6.07) is 1.94. The van der Waals surface area contributed by atoms with Gasteiger partial charge in [0.2, 0.25) is 5.88 Å². The summed E-state index contributed by atoms with van der Waals surface area (Å²) in [5.41, 5.74) is 0. The molecule has 0 radical (unpaired) electrons. The van der Waals surface area contributed by atoms with E-state index in [1.165, 1.54) is 0 Å². The lowest BCUT2D eigenvalue weighted by Gasteiger charge is -2.31. The molecule has 5 nitrogen and oxygen atoms in total. The Balaban J connectivity index is 2.01. The maximum absolute atomic E-state index is 5.23. The van der Waals surface area contributed by atoms with Gasteiger partial charge < -0.3 is 19.6 Å². The van der Waals surface area contributed by atoms with Gasteiger partial charge in [0.25, 0.3) is 0 Å². The molecule has 0 atom stereocenters. The first-order chi connectivity index (χ1) is 6.79. The standard InChI is InChI=1S/C9H16N4O/c1-10-8-7-9(14-11-8)13-5-3-12(2)4-6-13/h7H,3-6H2,1-2H3,(H,10,11). The average molecular weight is 196 g/mol. The summed E-state index contributed by atoms with van der Waals surface area (Å²) in [5.74, 6) is 1.65. The van der Waals surface area contributed by atoms with Crippen molar-refractivity contribution in [2.24, 2.45) is 0 Å². The number of hydrogen-bond donors (Lipinski definition) is 1. The molecular weight excluding hydrogens is 180 g/mol. The average Bonchev–Trinajstić information content (AvgIpc) is 2.67. The van der Waals surface area contributed by atoms with Gasteiger partial charge in [0.1, 0.15) is 0 Å². The lowest BCUT2D eigenvalue weighted by molar-refractivity contribution is 0.300. The fourth-order valence-corrected chi connectivity index (χ4v) is 1.56. The third kappa shape index (κ3) is 1.82. The van der Waals surface area contributed by atoms with Gasteiger partial charge in [0.15, 0.2) is 5.82 Å². The monoisotopic (exact) mass is 196 g/mol. The first-order valence-electron chi connectivity index (χ1n) is 4.87. The Labute approximate surface area is 83.7 Å². The molecule has 2 rings (SSSR count). The zero-order chi connectivity index (χ0) is 9.97. The molecule has 1 aromatic heterocycles. The van der Waals surface area contributed by atoms with Crippen LogP contribution in [0.3, 0.4) is 0 Å². The number of nitrogens with one attached hydrogen (secondary N) is 1. The van der Waals surface area contributed by atoms with Gasteiger partial charge in [-0.1, -0.05) is 5.16 Å². The van der Waals surface area contributed by atoms with Crippen LogP contribution in [0.2, 0.25) is 0 Å². The van der Waals surface area contributed by atoms with E-state index in [1.807, 2.05) is 13.1 Å². The van der Waals surface area contributed by atoms with E-state index in [1.54, 1.807) is 0 Å². The molecule has 1 aliphatic heterocycles. The fraction of sp³-hybridized carbons (Fsp3) is 0.667. The van der Waals surface area contributed by atoms with Crippen molar-refractivity contribution >= 4 is 11.7 Å². The second-order valence-corrected chi connectivity index (χ2v) is 3.59. The molecule has 14 heavy (non-hydrogen) atoms. The molecule has 5 heteroatoms. The minimum Gasteiger partial charge on any atom is -0.370 e. The van der Waals surface area contributed by atoms with Gasteiger partial charge >= 0.3 is 0 Å². The van der Waals surface area contributed by atoms with Crippen molar-refractivity contribution in [2.75, 3.05) is 50.5 Å². The van der Waals surface area contributed by atoms with Crippen LogP contribution in [-0.2, 0) is 0 Å². The van der Waals surface area contributed by atoms with Gasteiger partial charge in [-0.15, -0.1) is 0 Å². The molecule has 2 heterocycles. The molecule has 0 spiro atoms. The number of anilines is 2. The highest BCUT2D eigenvalue weighted by Gasteiger charge is 2.17. The molecular formula is C9H16N4O. The molecule has 0 saturated carbocycles. The van der Waals surface area contributed by atoms with Crippen LogP contribution < -0.4 is 10.2 Å². The van der Waals surface area contributed by atoms with Gasteiger partial charge in [-0.2, -0.15) is 0 Å². The molecule has 1 N–H and O–H groups in total. The Morgan fingerprint density at radius 1 is 1.36 bits per heavy atom. The molecule has 0 unspecified atom stereocenters. The van der Waals surface area contributed by atoms with Crippen LogP contribution in [0.25, 0.3) is 0 Å². The van der Waals surface area contributed by atoms with Crippen LogP contribution in [-0.4, -0.2) is 50.3 Å². The molecule has 0 amide bonds. The normalized spacial score (nSPS) is 18.6. The zero-order valence-electron chi connectivity index (χ0n) is 8.66. The first-order valence-corrected chi connectivity index (χ1v) is 4.87. The van der Waals surface area contributed by atoms with Crippen molar-refractivity contribution in [2.45, 2.75) is 0 Å². The fourth-order valence-electron chi connectivity index (χ4n) is 1.56. The lowest BCUT2D eigenvalue weighted by Crippen LogP contribution is -2.44. The van der Waals surface area contributed by atoms with Gasteiger partial charge in [-0.3, -0.25) is 0 Å². The number of aromatic nitrogens is 1. The van der Waals surface area contributed by atoms with Crippen molar-refractivity contribution in [3.63, 3.8) is 0 Å². The van der Waals surface area contributed by atoms with Crippen molar-refractivity contribution in [3.05, 3.63) is 6.07 Å².